The predicted octanol–water partition coefficient (Wildman–Crippen LogP) is 1.76. The summed E-state index contributed by atoms with van der Waals surface area (Å²) in [5, 5.41) is 12.2. The maximum Gasteiger partial charge on any atom is 0.127 e. The molecule has 1 atom stereocenters. The van der Waals surface area contributed by atoms with Crippen LogP contribution in [0.25, 0.3) is 0 Å². The van der Waals surface area contributed by atoms with Crippen molar-refractivity contribution in [3.05, 3.63) is 35.6 Å². The lowest BCUT2D eigenvalue weighted by Crippen LogP contribution is -2.45. The van der Waals surface area contributed by atoms with E-state index in [0.717, 1.165) is 38.0 Å². The molecule has 0 spiro atoms. The van der Waals surface area contributed by atoms with Gasteiger partial charge < -0.3 is 10.4 Å². The summed E-state index contributed by atoms with van der Waals surface area (Å²) in [6.45, 7) is 3.77. The molecule has 0 aromatic heterocycles. The van der Waals surface area contributed by atoms with Crippen molar-refractivity contribution in [2.75, 3.05) is 26.2 Å². The van der Waals surface area contributed by atoms with Gasteiger partial charge in [0.15, 0.2) is 0 Å². The summed E-state index contributed by atoms with van der Waals surface area (Å²) in [6, 6.07) is 7.47. The maximum atomic E-state index is 13.6. The number of piperidine rings is 1. The number of hydrogen-bond donors (Lipinski definition) is 2. The molecule has 19 heavy (non-hydrogen) atoms. The molecule has 1 saturated heterocycles. The first-order chi connectivity index (χ1) is 9.29. The topological polar surface area (TPSA) is 35.5 Å². The number of aliphatic hydroxyl groups excluding tert-OH is 1. The van der Waals surface area contributed by atoms with E-state index in [1.165, 1.54) is 12.5 Å². The molecule has 3 nitrogen and oxygen atoms in total. The molecule has 1 heterocycles. The summed E-state index contributed by atoms with van der Waals surface area (Å²) >= 11 is 0. The third-order valence-corrected chi connectivity index (χ3v) is 3.63. The summed E-state index contributed by atoms with van der Waals surface area (Å²) in [5.41, 5.74) is 0.776. The minimum absolute atomic E-state index is 0.113. The molecule has 2 rings (SSSR count). The van der Waals surface area contributed by atoms with E-state index in [1.807, 2.05) is 12.1 Å². The second kappa shape index (κ2) is 7.58. The van der Waals surface area contributed by atoms with E-state index >= 15 is 0 Å². The van der Waals surface area contributed by atoms with E-state index in [4.69, 9.17) is 5.11 Å². The van der Waals surface area contributed by atoms with Gasteiger partial charge in [-0.15, -0.1) is 0 Å². The van der Waals surface area contributed by atoms with Crippen LogP contribution in [0.2, 0.25) is 0 Å². The molecule has 4 heteroatoms. The van der Waals surface area contributed by atoms with Crippen molar-refractivity contribution >= 4 is 0 Å². The molecule has 1 aliphatic rings. The highest BCUT2D eigenvalue weighted by molar-refractivity contribution is 5.17. The lowest BCUT2D eigenvalue weighted by molar-refractivity contribution is 0.179. The predicted molar refractivity (Wildman–Crippen MR) is 74.4 cm³/mol. The fourth-order valence-corrected chi connectivity index (χ4v) is 2.62. The molecule has 1 unspecified atom stereocenters. The number of halogens is 1. The Balaban J connectivity index is 1.82. The maximum absolute atomic E-state index is 13.6. The van der Waals surface area contributed by atoms with E-state index in [-0.39, 0.29) is 12.4 Å². The van der Waals surface area contributed by atoms with Crippen molar-refractivity contribution in [3.63, 3.8) is 0 Å². The molecule has 1 aromatic carbocycles. The summed E-state index contributed by atoms with van der Waals surface area (Å²) in [5.74, 6) is -0.113. The van der Waals surface area contributed by atoms with Crippen LogP contribution in [-0.2, 0) is 6.54 Å². The van der Waals surface area contributed by atoms with Crippen LogP contribution >= 0.6 is 0 Å². The van der Waals surface area contributed by atoms with Crippen molar-refractivity contribution in [1.29, 1.82) is 0 Å². The number of aliphatic hydroxyl groups is 1. The molecule has 0 aliphatic carbocycles. The van der Waals surface area contributed by atoms with Gasteiger partial charge in [-0.05, 0) is 38.4 Å². The van der Waals surface area contributed by atoms with Crippen LogP contribution in [-0.4, -0.2) is 42.3 Å². The fraction of sp³-hybridized carbons (Fsp3) is 0.600. The van der Waals surface area contributed by atoms with Gasteiger partial charge in [-0.2, -0.15) is 0 Å². The molecule has 1 aliphatic heterocycles. The summed E-state index contributed by atoms with van der Waals surface area (Å²) in [7, 11) is 0. The molecular weight excluding hydrogens is 243 g/mol. The van der Waals surface area contributed by atoms with Crippen molar-refractivity contribution in [1.82, 2.24) is 10.2 Å². The van der Waals surface area contributed by atoms with Crippen molar-refractivity contribution in [3.8, 4) is 0 Å². The molecule has 0 saturated carbocycles. The molecular formula is C15H23FN2O. The zero-order chi connectivity index (χ0) is 13.5. The second-order valence-electron chi connectivity index (χ2n) is 5.20. The third kappa shape index (κ3) is 4.56. The van der Waals surface area contributed by atoms with Crippen LogP contribution in [0.4, 0.5) is 4.39 Å². The van der Waals surface area contributed by atoms with E-state index in [2.05, 4.69) is 10.2 Å². The second-order valence-corrected chi connectivity index (χ2v) is 5.20. The summed E-state index contributed by atoms with van der Waals surface area (Å²) in [6.07, 6.45) is 3.11. The van der Waals surface area contributed by atoms with Gasteiger partial charge in [-0.1, -0.05) is 18.2 Å². The van der Waals surface area contributed by atoms with Crippen molar-refractivity contribution < 1.29 is 9.50 Å². The van der Waals surface area contributed by atoms with E-state index in [9.17, 15) is 4.39 Å². The van der Waals surface area contributed by atoms with Gasteiger partial charge in [0.1, 0.15) is 5.82 Å². The molecule has 0 bridgehead atoms. The Morgan fingerprint density at radius 2 is 2.21 bits per heavy atom. The average molecular weight is 266 g/mol. The highest BCUT2D eigenvalue weighted by Gasteiger charge is 2.19. The van der Waals surface area contributed by atoms with Crippen molar-refractivity contribution in [2.45, 2.75) is 31.8 Å². The number of nitrogens with zero attached hydrogens (tertiary/aromatic N) is 1. The smallest absolute Gasteiger partial charge is 0.127 e. The van der Waals surface area contributed by atoms with Crippen LogP contribution in [0.15, 0.2) is 24.3 Å². The standard InChI is InChI=1S/C15H23FN2O/c16-15-7-2-1-5-13(15)11-18-9-3-6-14(12-18)17-8-4-10-19/h1-2,5,7,14,17,19H,3-4,6,8-12H2. The minimum atomic E-state index is -0.113. The zero-order valence-corrected chi connectivity index (χ0v) is 11.3. The first-order valence-corrected chi connectivity index (χ1v) is 7.09. The molecule has 2 N–H and O–H groups in total. The largest absolute Gasteiger partial charge is 0.396 e. The average Bonchev–Trinajstić information content (AvgIpc) is 2.42. The van der Waals surface area contributed by atoms with Crippen LogP contribution in [0.1, 0.15) is 24.8 Å². The van der Waals surface area contributed by atoms with Crippen LogP contribution < -0.4 is 5.32 Å². The van der Waals surface area contributed by atoms with E-state index in [0.29, 0.717) is 12.6 Å². The molecule has 1 aromatic rings. The SMILES string of the molecule is OCCCNC1CCCN(Cc2ccccc2F)C1. The van der Waals surface area contributed by atoms with Gasteiger partial charge in [-0.3, -0.25) is 4.90 Å². The Labute approximate surface area is 114 Å². The lowest BCUT2D eigenvalue weighted by Gasteiger charge is -2.33. The first kappa shape index (κ1) is 14.4. The Morgan fingerprint density at radius 3 is 3.00 bits per heavy atom. The molecule has 0 amide bonds. The molecule has 0 radical (unpaired) electrons. The normalized spacial score (nSPS) is 20.6. The van der Waals surface area contributed by atoms with Gasteiger partial charge in [0.25, 0.3) is 0 Å². The minimum Gasteiger partial charge on any atom is -0.396 e. The quantitative estimate of drug-likeness (QED) is 0.770. The Bertz CT molecular complexity index is 386. The van der Waals surface area contributed by atoms with Gasteiger partial charge in [0.05, 0.1) is 0 Å². The highest BCUT2D eigenvalue weighted by Crippen LogP contribution is 2.15. The lowest BCUT2D eigenvalue weighted by atomic mass is 10.0. The number of likely N-dealkylation sites (tertiary alicyclic amines) is 1. The van der Waals surface area contributed by atoms with E-state index in [1.54, 1.807) is 6.07 Å². The molecule has 106 valence electrons. The van der Waals surface area contributed by atoms with Crippen LogP contribution in [0.5, 0.6) is 0 Å². The van der Waals surface area contributed by atoms with Crippen LogP contribution in [0.3, 0.4) is 0 Å². The summed E-state index contributed by atoms with van der Waals surface area (Å²) in [4.78, 5) is 2.30. The number of hydrogen-bond acceptors (Lipinski definition) is 3. The number of benzene rings is 1. The zero-order valence-electron chi connectivity index (χ0n) is 11.3. The third-order valence-electron chi connectivity index (χ3n) is 3.63. The monoisotopic (exact) mass is 266 g/mol. The van der Waals surface area contributed by atoms with Crippen LogP contribution in [0, 0.1) is 5.82 Å². The van der Waals surface area contributed by atoms with Gasteiger partial charge in [0, 0.05) is 31.3 Å². The van der Waals surface area contributed by atoms with Gasteiger partial charge in [0.2, 0.25) is 0 Å². The fourth-order valence-electron chi connectivity index (χ4n) is 2.62. The van der Waals surface area contributed by atoms with Crippen molar-refractivity contribution in [2.24, 2.45) is 0 Å². The highest BCUT2D eigenvalue weighted by atomic mass is 19.1. The van der Waals surface area contributed by atoms with Gasteiger partial charge in [-0.25, -0.2) is 4.39 Å². The Morgan fingerprint density at radius 1 is 1.37 bits per heavy atom. The van der Waals surface area contributed by atoms with E-state index < -0.39 is 0 Å². The number of nitrogens with one attached hydrogen (secondary N) is 1. The van der Waals surface area contributed by atoms with Gasteiger partial charge >= 0.3 is 0 Å². The Hall–Kier alpha value is -0.970. The first-order valence-electron chi connectivity index (χ1n) is 7.09. The summed E-state index contributed by atoms with van der Waals surface area (Å²) < 4.78 is 13.6. The molecule has 1 fully saturated rings. The number of rotatable bonds is 6. The Kier molecular flexibility index (Phi) is 5.76.